The smallest absolute Gasteiger partial charge is 0.0398 e. The first-order valence-corrected chi connectivity index (χ1v) is 3.23. The summed E-state index contributed by atoms with van der Waals surface area (Å²) in [5.41, 5.74) is 1.15. The van der Waals surface area contributed by atoms with E-state index < -0.39 is 0 Å². The van der Waals surface area contributed by atoms with E-state index >= 15 is 0 Å². The lowest BCUT2D eigenvalue weighted by molar-refractivity contribution is 1.50. The van der Waals surface area contributed by atoms with Gasteiger partial charge in [-0.3, -0.25) is 0 Å². The van der Waals surface area contributed by atoms with Crippen molar-refractivity contribution in [1.29, 1.82) is 0 Å². The summed E-state index contributed by atoms with van der Waals surface area (Å²) in [4.78, 5) is 0. The lowest BCUT2D eigenvalue weighted by Gasteiger charge is -1.80. The number of rotatable bonds is 2. The summed E-state index contributed by atoms with van der Waals surface area (Å²) >= 11 is 0. The predicted octanol–water partition coefficient (Wildman–Crippen LogP) is 3.33. The largest absolute Gasteiger partial charge is 0.0991 e. The Morgan fingerprint density at radius 2 is 1.67 bits per heavy atom. The van der Waals surface area contributed by atoms with Gasteiger partial charge < -0.3 is 0 Å². The quantitative estimate of drug-likeness (QED) is 0.495. The highest BCUT2D eigenvalue weighted by Crippen LogP contribution is 1.90. The van der Waals surface area contributed by atoms with Gasteiger partial charge in [-0.2, -0.15) is 0 Å². The Morgan fingerprint density at radius 1 is 1.22 bits per heavy atom. The average molecular weight is 124 g/mol. The van der Waals surface area contributed by atoms with Crippen LogP contribution < -0.4 is 0 Å². The van der Waals surface area contributed by atoms with E-state index in [4.69, 9.17) is 0 Å². The van der Waals surface area contributed by atoms with Gasteiger partial charge in [0.2, 0.25) is 0 Å². The fourth-order valence-corrected chi connectivity index (χ4v) is 0.254. The minimum absolute atomic E-state index is 1.15. The van der Waals surface area contributed by atoms with Gasteiger partial charge in [0.15, 0.2) is 0 Å². The lowest BCUT2D eigenvalue weighted by Crippen LogP contribution is -1.58. The van der Waals surface area contributed by atoms with Crippen molar-refractivity contribution in [3.05, 3.63) is 37.0 Å². The molecule has 0 aliphatic carbocycles. The molecule has 0 rings (SSSR count). The molecule has 0 nitrogen and oxygen atoms in total. The van der Waals surface area contributed by atoms with Crippen LogP contribution in [-0.4, -0.2) is 0 Å². The Kier molecular flexibility index (Phi) is 12.6. The second-order valence-electron chi connectivity index (χ2n) is 1.35. The van der Waals surface area contributed by atoms with Crippen LogP contribution in [0.4, 0.5) is 0 Å². The van der Waals surface area contributed by atoms with Gasteiger partial charge in [-0.1, -0.05) is 50.8 Å². The van der Waals surface area contributed by atoms with E-state index in [9.17, 15) is 0 Å². The molecule has 0 aromatic heterocycles. The van der Waals surface area contributed by atoms with Crippen LogP contribution in [0.25, 0.3) is 0 Å². The van der Waals surface area contributed by atoms with Gasteiger partial charge in [-0.15, -0.1) is 0 Å². The highest BCUT2D eigenvalue weighted by Gasteiger charge is 1.68. The molecule has 0 saturated heterocycles. The summed E-state index contributed by atoms with van der Waals surface area (Å²) < 4.78 is 0. The first kappa shape index (κ1) is 11.1. The second kappa shape index (κ2) is 10.3. The summed E-state index contributed by atoms with van der Waals surface area (Å²) in [7, 11) is 0. The van der Waals surface area contributed by atoms with Crippen LogP contribution in [0, 0.1) is 0 Å². The fraction of sp³-hybridized carbons (Fsp3) is 0.333. The number of hydrogen-bond donors (Lipinski definition) is 0. The van der Waals surface area contributed by atoms with Crippen LogP contribution >= 0.6 is 0 Å². The Bertz CT molecular complexity index is 96.6. The molecule has 0 amide bonds. The van der Waals surface area contributed by atoms with E-state index in [1.807, 2.05) is 26.8 Å². The first-order chi connectivity index (χ1) is 4.31. The molecule has 0 aliphatic rings. The van der Waals surface area contributed by atoms with Gasteiger partial charge in [0.05, 0.1) is 0 Å². The van der Waals surface area contributed by atoms with Crippen molar-refractivity contribution in [3.63, 3.8) is 0 Å². The normalized spacial score (nSPS) is 9.00. The minimum Gasteiger partial charge on any atom is -0.0991 e. The van der Waals surface area contributed by atoms with Gasteiger partial charge in [0.25, 0.3) is 0 Å². The standard InChI is InChI=1S/C7H10.C2H6/c1-4-6-7(3)5-2;1-2/h4-6H,1-2H2,3H3;1-2H3/b7-6-;. The zero-order valence-electron chi connectivity index (χ0n) is 6.65. The van der Waals surface area contributed by atoms with Crippen LogP contribution in [0.5, 0.6) is 0 Å². The molecule has 0 spiro atoms. The van der Waals surface area contributed by atoms with Crippen molar-refractivity contribution in [1.82, 2.24) is 0 Å². The van der Waals surface area contributed by atoms with Crippen molar-refractivity contribution in [3.8, 4) is 0 Å². The molecule has 0 aliphatic heterocycles. The van der Waals surface area contributed by atoms with Crippen LogP contribution in [0.1, 0.15) is 20.8 Å². The van der Waals surface area contributed by atoms with Crippen LogP contribution in [0.2, 0.25) is 0 Å². The minimum atomic E-state index is 1.15. The van der Waals surface area contributed by atoms with Crippen molar-refractivity contribution in [2.45, 2.75) is 20.8 Å². The van der Waals surface area contributed by atoms with Gasteiger partial charge in [-0.25, -0.2) is 0 Å². The molecule has 9 heavy (non-hydrogen) atoms. The Labute approximate surface area is 58.6 Å². The summed E-state index contributed by atoms with van der Waals surface area (Å²) in [6.07, 6.45) is 5.45. The molecule has 0 fully saturated rings. The molecular weight excluding hydrogens is 108 g/mol. The highest BCUT2D eigenvalue weighted by atomic mass is 13.8. The van der Waals surface area contributed by atoms with Crippen molar-refractivity contribution in [2.75, 3.05) is 0 Å². The molecule has 0 saturated carbocycles. The van der Waals surface area contributed by atoms with E-state index in [0.29, 0.717) is 0 Å². The van der Waals surface area contributed by atoms with Gasteiger partial charge in [-0.05, 0) is 6.92 Å². The molecular formula is C9H16. The average Bonchev–Trinajstić information content (AvgIpc) is 1.93. The lowest BCUT2D eigenvalue weighted by atomic mass is 10.3. The third-order valence-corrected chi connectivity index (χ3v) is 0.703. The zero-order valence-corrected chi connectivity index (χ0v) is 6.65. The maximum absolute atomic E-state index is 3.56. The van der Waals surface area contributed by atoms with Crippen molar-refractivity contribution >= 4 is 0 Å². The summed E-state index contributed by atoms with van der Waals surface area (Å²) in [6.45, 7) is 13.1. The SMILES string of the molecule is C=C/C=C(/C)C=C.CC. The zero-order chi connectivity index (χ0) is 7.70. The van der Waals surface area contributed by atoms with Crippen LogP contribution in [0.15, 0.2) is 37.0 Å². The van der Waals surface area contributed by atoms with Crippen LogP contribution in [-0.2, 0) is 0 Å². The molecule has 0 aromatic rings. The summed E-state index contributed by atoms with van der Waals surface area (Å²) in [6, 6.07) is 0. The van der Waals surface area contributed by atoms with E-state index in [1.165, 1.54) is 0 Å². The van der Waals surface area contributed by atoms with Crippen molar-refractivity contribution < 1.29 is 0 Å². The maximum Gasteiger partial charge on any atom is -0.0398 e. The fourth-order valence-electron chi connectivity index (χ4n) is 0.254. The number of allylic oxidation sites excluding steroid dienone is 4. The van der Waals surface area contributed by atoms with E-state index in [2.05, 4.69) is 13.2 Å². The third kappa shape index (κ3) is 11.0. The van der Waals surface area contributed by atoms with Crippen molar-refractivity contribution in [2.24, 2.45) is 0 Å². The highest BCUT2D eigenvalue weighted by molar-refractivity contribution is 5.17. The number of hydrogen-bond acceptors (Lipinski definition) is 0. The Balaban J connectivity index is 0. The van der Waals surface area contributed by atoms with Gasteiger partial charge >= 0.3 is 0 Å². The Hall–Kier alpha value is -0.780. The molecule has 0 radical (unpaired) electrons. The summed E-state index contributed by atoms with van der Waals surface area (Å²) in [5, 5.41) is 0. The van der Waals surface area contributed by atoms with E-state index in [0.717, 1.165) is 5.57 Å². The van der Waals surface area contributed by atoms with Gasteiger partial charge in [0.1, 0.15) is 0 Å². The van der Waals surface area contributed by atoms with E-state index in [1.54, 1.807) is 12.2 Å². The Morgan fingerprint density at radius 3 is 1.78 bits per heavy atom. The molecule has 0 unspecified atom stereocenters. The predicted molar refractivity (Wildman–Crippen MR) is 45.5 cm³/mol. The maximum atomic E-state index is 3.56. The van der Waals surface area contributed by atoms with Crippen LogP contribution in [0.3, 0.4) is 0 Å². The van der Waals surface area contributed by atoms with Gasteiger partial charge in [0, 0.05) is 0 Å². The molecule has 0 atom stereocenters. The molecule has 0 aromatic carbocycles. The summed E-state index contributed by atoms with van der Waals surface area (Å²) in [5.74, 6) is 0. The molecule has 0 heteroatoms. The third-order valence-electron chi connectivity index (χ3n) is 0.703. The monoisotopic (exact) mass is 124 g/mol. The molecule has 0 bridgehead atoms. The first-order valence-electron chi connectivity index (χ1n) is 3.23. The molecule has 0 heterocycles. The molecule has 0 N–H and O–H groups in total. The molecule has 52 valence electrons. The topological polar surface area (TPSA) is 0 Å². The van der Waals surface area contributed by atoms with E-state index in [-0.39, 0.29) is 0 Å². The second-order valence-corrected chi connectivity index (χ2v) is 1.35.